The molecular formula is C26H23N5O. The van der Waals surface area contributed by atoms with Crippen molar-refractivity contribution in [3.63, 3.8) is 0 Å². The highest BCUT2D eigenvalue weighted by molar-refractivity contribution is 5.91. The summed E-state index contributed by atoms with van der Waals surface area (Å²) in [5.41, 5.74) is 4.88. The molecule has 0 saturated heterocycles. The summed E-state index contributed by atoms with van der Waals surface area (Å²) in [6.45, 7) is 0.664. The van der Waals surface area contributed by atoms with Gasteiger partial charge in [0.1, 0.15) is 5.82 Å². The number of carbonyl (C=O) groups excluding carboxylic acids is 1. The van der Waals surface area contributed by atoms with Gasteiger partial charge in [0.05, 0.1) is 17.6 Å². The van der Waals surface area contributed by atoms with Gasteiger partial charge in [-0.2, -0.15) is 5.10 Å². The largest absolute Gasteiger partial charge is 0.326 e. The number of hydrogen-bond donors (Lipinski definition) is 1. The van der Waals surface area contributed by atoms with Gasteiger partial charge in [-0.3, -0.25) is 14.0 Å². The van der Waals surface area contributed by atoms with E-state index in [9.17, 15) is 4.79 Å². The quantitative estimate of drug-likeness (QED) is 0.409. The summed E-state index contributed by atoms with van der Waals surface area (Å²) in [4.78, 5) is 17.5. The lowest BCUT2D eigenvalue weighted by atomic mass is 10.2. The van der Waals surface area contributed by atoms with Crippen LogP contribution in [0, 0.1) is 0 Å². The van der Waals surface area contributed by atoms with Crippen LogP contribution in [0.2, 0.25) is 0 Å². The van der Waals surface area contributed by atoms with Crippen molar-refractivity contribution in [1.82, 2.24) is 19.3 Å². The van der Waals surface area contributed by atoms with Crippen molar-refractivity contribution in [1.29, 1.82) is 0 Å². The maximum Gasteiger partial charge on any atom is 0.224 e. The number of aromatic nitrogens is 4. The predicted octanol–water partition coefficient (Wildman–Crippen LogP) is 4.84. The number of carbonyl (C=O) groups is 1. The van der Waals surface area contributed by atoms with E-state index in [1.165, 1.54) is 0 Å². The van der Waals surface area contributed by atoms with Crippen molar-refractivity contribution >= 4 is 22.6 Å². The molecule has 5 aromatic rings. The highest BCUT2D eigenvalue weighted by atomic mass is 16.1. The van der Waals surface area contributed by atoms with Crippen LogP contribution < -0.4 is 5.32 Å². The standard InChI is InChI=1S/C26H23N5O/c32-26(28-21-9-6-8-20(18-21)19-30-17-7-16-27-30)15-14-25-29-23-12-4-5-13-24(23)31(25)22-10-2-1-3-11-22/h1-13,16-18H,14-15,19H2,(H,28,32). The number of nitrogens with zero attached hydrogens (tertiary/aromatic N) is 4. The zero-order chi connectivity index (χ0) is 21.8. The number of benzene rings is 3. The Morgan fingerprint density at radius 2 is 1.75 bits per heavy atom. The van der Waals surface area contributed by atoms with E-state index in [0.717, 1.165) is 33.8 Å². The van der Waals surface area contributed by atoms with Gasteiger partial charge in [-0.25, -0.2) is 4.98 Å². The average molecular weight is 422 g/mol. The van der Waals surface area contributed by atoms with Crippen molar-refractivity contribution in [3.05, 3.63) is 109 Å². The number of rotatable bonds is 7. The minimum atomic E-state index is -0.0343. The lowest BCUT2D eigenvalue weighted by Crippen LogP contribution is -2.14. The molecule has 3 aromatic carbocycles. The molecule has 5 rings (SSSR count). The summed E-state index contributed by atoms with van der Waals surface area (Å²) in [6, 6.07) is 28.0. The average Bonchev–Trinajstić information content (AvgIpc) is 3.46. The first-order chi connectivity index (χ1) is 15.8. The number of amides is 1. The van der Waals surface area contributed by atoms with E-state index in [-0.39, 0.29) is 5.91 Å². The lowest BCUT2D eigenvalue weighted by molar-refractivity contribution is -0.116. The van der Waals surface area contributed by atoms with Crippen LogP contribution in [0.3, 0.4) is 0 Å². The second-order valence-corrected chi connectivity index (χ2v) is 7.64. The van der Waals surface area contributed by atoms with E-state index in [1.54, 1.807) is 6.20 Å². The third kappa shape index (κ3) is 4.30. The van der Waals surface area contributed by atoms with Crippen molar-refractivity contribution < 1.29 is 4.79 Å². The van der Waals surface area contributed by atoms with Gasteiger partial charge in [0.25, 0.3) is 0 Å². The molecule has 32 heavy (non-hydrogen) atoms. The summed E-state index contributed by atoms with van der Waals surface area (Å²) in [5.74, 6) is 0.841. The molecule has 158 valence electrons. The Balaban J connectivity index is 1.31. The maximum absolute atomic E-state index is 12.7. The SMILES string of the molecule is O=C(CCc1nc2ccccc2n1-c1ccccc1)Nc1cccc(Cn2cccn2)c1. The van der Waals surface area contributed by atoms with Crippen LogP contribution in [0.1, 0.15) is 17.8 Å². The van der Waals surface area contributed by atoms with Crippen LogP contribution in [0.25, 0.3) is 16.7 Å². The number of para-hydroxylation sites is 3. The van der Waals surface area contributed by atoms with Gasteiger partial charge in [0, 0.05) is 36.6 Å². The van der Waals surface area contributed by atoms with E-state index < -0.39 is 0 Å². The molecule has 2 aromatic heterocycles. The van der Waals surface area contributed by atoms with Crippen LogP contribution >= 0.6 is 0 Å². The van der Waals surface area contributed by atoms with Crippen molar-refractivity contribution in [2.45, 2.75) is 19.4 Å². The third-order valence-electron chi connectivity index (χ3n) is 5.33. The molecule has 2 heterocycles. The first-order valence-electron chi connectivity index (χ1n) is 10.6. The number of fused-ring (bicyclic) bond motifs is 1. The fourth-order valence-electron chi connectivity index (χ4n) is 3.89. The van der Waals surface area contributed by atoms with Gasteiger partial charge < -0.3 is 5.32 Å². The number of anilines is 1. The second kappa shape index (κ2) is 8.89. The number of nitrogens with one attached hydrogen (secondary N) is 1. The molecule has 0 bridgehead atoms. The van der Waals surface area contributed by atoms with E-state index in [4.69, 9.17) is 4.98 Å². The summed E-state index contributed by atoms with van der Waals surface area (Å²) < 4.78 is 3.99. The lowest BCUT2D eigenvalue weighted by Gasteiger charge is -2.10. The smallest absolute Gasteiger partial charge is 0.224 e. The molecule has 0 unspecified atom stereocenters. The molecule has 6 nitrogen and oxygen atoms in total. The molecule has 0 atom stereocenters. The predicted molar refractivity (Wildman–Crippen MR) is 126 cm³/mol. The number of imidazole rings is 1. The second-order valence-electron chi connectivity index (χ2n) is 7.64. The van der Waals surface area contributed by atoms with Crippen molar-refractivity contribution in [2.75, 3.05) is 5.32 Å². The minimum Gasteiger partial charge on any atom is -0.326 e. The van der Waals surface area contributed by atoms with Crippen LogP contribution in [0.5, 0.6) is 0 Å². The monoisotopic (exact) mass is 421 g/mol. The molecule has 0 saturated carbocycles. The molecule has 0 fully saturated rings. The highest BCUT2D eigenvalue weighted by Gasteiger charge is 2.14. The Hall–Kier alpha value is -4.19. The van der Waals surface area contributed by atoms with E-state index in [0.29, 0.717) is 19.4 Å². The Morgan fingerprint density at radius 3 is 2.59 bits per heavy atom. The van der Waals surface area contributed by atoms with Crippen LogP contribution in [-0.4, -0.2) is 25.2 Å². The molecule has 0 spiro atoms. The fourth-order valence-corrected chi connectivity index (χ4v) is 3.89. The Kier molecular flexibility index (Phi) is 5.49. The van der Waals surface area contributed by atoms with Gasteiger partial charge in [-0.05, 0) is 48.0 Å². The zero-order valence-electron chi connectivity index (χ0n) is 17.6. The Morgan fingerprint density at radius 1 is 0.906 bits per heavy atom. The first kappa shape index (κ1) is 19.8. The van der Waals surface area contributed by atoms with Gasteiger partial charge in [-0.15, -0.1) is 0 Å². The van der Waals surface area contributed by atoms with Gasteiger partial charge in [0.15, 0.2) is 0 Å². The van der Waals surface area contributed by atoms with Crippen molar-refractivity contribution in [2.24, 2.45) is 0 Å². The summed E-state index contributed by atoms with van der Waals surface area (Å²) in [6.07, 6.45) is 4.57. The minimum absolute atomic E-state index is 0.0343. The summed E-state index contributed by atoms with van der Waals surface area (Å²) >= 11 is 0. The fraction of sp³-hybridized carbons (Fsp3) is 0.115. The number of hydrogen-bond acceptors (Lipinski definition) is 3. The Labute approximate surface area is 186 Å². The first-order valence-corrected chi connectivity index (χ1v) is 10.6. The third-order valence-corrected chi connectivity index (χ3v) is 5.33. The van der Waals surface area contributed by atoms with Gasteiger partial charge in [0.2, 0.25) is 5.91 Å². The Bertz CT molecular complexity index is 1340. The maximum atomic E-state index is 12.7. The highest BCUT2D eigenvalue weighted by Crippen LogP contribution is 2.22. The molecule has 1 N–H and O–H groups in total. The zero-order valence-corrected chi connectivity index (χ0v) is 17.6. The molecule has 0 radical (unpaired) electrons. The molecule has 0 aliphatic carbocycles. The van der Waals surface area contributed by atoms with Gasteiger partial charge in [-0.1, -0.05) is 42.5 Å². The summed E-state index contributed by atoms with van der Waals surface area (Å²) in [7, 11) is 0. The summed E-state index contributed by atoms with van der Waals surface area (Å²) in [5, 5.41) is 7.26. The molecular weight excluding hydrogens is 398 g/mol. The van der Waals surface area contributed by atoms with Crippen LogP contribution in [0.4, 0.5) is 5.69 Å². The van der Waals surface area contributed by atoms with Crippen LogP contribution in [0.15, 0.2) is 97.3 Å². The molecule has 1 amide bonds. The molecule has 6 heteroatoms. The van der Waals surface area contributed by atoms with Gasteiger partial charge >= 0.3 is 0 Å². The normalized spacial score (nSPS) is 11.0. The molecule has 0 aliphatic rings. The van der Waals surface area contributed by atoms with Crippen molar-refractivity contribution in [3.8, 4) is 5.69 Å². The van der Waals surface area contributed by atoms with Crippen LogP contribution in [-0.2, 0) is 17.8 Å². The van der Waals surface area contributed by atoms with E-state index >= 15 is 0 Å². The van der Waals surface area contributed by atoms with E-state index in [2.05, 4.69) is 33.2 Å². The van der Waals surface area contributed by atoms with E-state index in [1.807, 2.05) is 77.6 Å². The number of aryl methyl sites for hydroxylation is 1. The molecule has 0 aliphatic heterocycles. The topological polar surface area (TPSA) is 64.7 Å².